The third-order valence-corrected chi connectivity index (χ3v) is 3.66. The van der Waals surface area contributed by atoms with Crippen LogP contribution < -0.4 is 5.32 Å². The monoisotopic (exact) mass is 276 g/mol. The van der Waals surface area contributed by atoms with Crippen molar-refractivity contribution in [2.24, 2.45) is 0 Å². The van der Waals surface area contributed by atoms with Gasteiger partial charge in [0.25, 0.3) is 0 Å². The number of fused-ring (bicyclic) bond motifs is 1. The third kappa shape index (κ3) is 3.38. The zero-order valence-corrected chi connectivity index (χ0v) is 12.4. The fourth-order valence-electron chi connectivity index (χ4n) is 2.47. The van der Waals surface area contributed by atoms with Crippen molar-refractivity contribution in [2.45, 2.75) is 45.6 Å². The molecule has 2 nitrogen and oxygen atoms in total. The van der Waals surface area contributed by atoms with Gasteiger partial charge in [-0.25, -0.2) is 0 Å². The highest BCUT2D eigenvalue weighted by Crippen LogP contribution is 2.29. The van der Waals surface area contributed by atoms with E-state index in [1.807, 2.05) is 12.1 Å². The summed E-state index contributed by atoms with van der Waals surface area (Å²) in [5, 5.41) is 5.47. The lowest BCUT2D eigenvalue weighted by molar-refractivity contribution is 0.587. The molecule has 0 unspecified atom stereocenters. The van der Waals surface area contributed by atoms with E-state index in [1.54, 1.807) is 6.20 Å². The number of nitrogens with one attached hydrogen (secondary N) is 1. The molecule has 1 N–H and O–H groups in total. The van der Waals surface area contributed by atoms with Gasteiger partial charge in [0.1, 0.15) is 0 Å². The Balaban J connectivity index is 2.31. The van der Waals surface area contributed by atoms with Gasteiger partial charge in [-0.2, -0.15) is 0 Å². The standard InChI is InChI=1S/C16H21ClN2/c1-3-6-12(7-4-2)19-15-10-9-14(17)16-13(15)8-5-11-18-16/h5,8-12,19H,3-4,6-7H2,1-2H3. The largest absolute Gasteiger partial charge is 0.382 e. The Kier molecular flexibility index (Phi) is 5.03. The number of aromatic nitrogens is 1. The summed E-state index contributed by atoms with van der Waals surface area (Å²) < 4.78 is 0. The van der Waals surface area contributed by atoms with E-state index >= 15 is 0 Å². The zero-order chi connectivity index (χ0) is 13.7. The molecule has 0 atom stereocenters. The molecule has 0 aliphatic rings. The molecule has 0 spiro atoms. The van der Waals surface area contributed by atoms with Crippen LogP contribution >= 0.6 is 11.6 Å². The van der Waals surface area contributed by atoms with Crippen LogP contribution in [0.3, 0.4) is 0 Å². The van der Waals surface area contributed by atoms with Crippen LogP contribution in [0.4, 0.5) is 5.69 Å². The minimum atomic E-state index is 0.527. The summed E-state index contributed by atoms with van der Waals surface area (Å²) in [5.74, 6) is 0. The Labute approximate surface area is 120 Å². The first-order chi connectivity index (χ1) is 9.26. The average Bonchev–Trinajstić information content (AvgIpc) is 2.43. The molecular formula is C16H21ClN2. The molecule has 1 aromatic carbocycles. The van der Waals surface area contributed by atoms with E-state index in [9.17, 15) is 0 Å². The van der Waals surface area contributed by atoms with Crippen molar-refractivity contribution in [3.63, 3.8) is 0 Å². The summed E-state index contributed by atoms with van der Waals surface area (Å²) in [4.78, 5) is 4.37. The topological polar surface area (TPSA) is 24.9 Å². The summed E-state index contributed by atoms with van der Waals surface area (Å²) in [5.41, 5.74) is 2.01. The summed E-state index contributed by atoms with van der Waals surface area (Å²) in [6, 6.07) is 8.54. The van der Waals surface area contributed by atoms with Gasteiger partial charge < -0.3 is 5.32 Å². The fraction of sp³-hybridized carbons (Fsp3) is 0.438. The Morgan fingerprint density at radius 1 is 1.16 bits per heavy atom. The number of anilines is 1. The van der Waals surface area contributed by atoms with E-state index in [2.05, 4.69) is 36.3 Å². The molecule has 1 heterocycles. The number of benzene rings is 1. The van der Waals surface area contributed by atoms with Crippen LogP contribution in [-0.2, 0) is 0 Å². The molecule has 0 saturated heterocycles. The average molecular weight is 277 g/mol. The molecule has 0 bridgehead atoms. The molecule has 2 aromatic rings. The second kappa shape index (κ2) is 6.76. The highest BCUT2D eigenvalue weighted by atomic mass is 35.5. The maximum Gasteiger partial charge on any atom is 0.0908 e. The minimum absolute atomic E-state index is 0.527. The third-order valence-electron chi connectivity index (χ3n) is 3.35. The normalized spacial score (nSPS) is 11.2. The molecule has 19 heavy (non-hydrogen) atoms. The van der Waals surface area contributed by atoms with Crippen molar-refractivity contribution < 1.29 is 0 Å². The van der Waals surface area contributed by atoms with Gasteiger partial charge in [0, 0.05) is 23.3 Å². The maximum absolute atomic E-state index is 6.20. The molecule has 102 valence electrons. The van der Waals surface area contributed by atoms with Gasteiger partial charge in [0.15, 0.2) is 0 Å². The lowest BCUT2D eigenvalue weighted by atomic mass is 10.1. The molecule has 2 rings (SSSR count). The second-order valence-corrected chi connectivity index (χ2v) is 5.32. The van der Waals surface area contributed by atoms with Crippen LogP contribution in [0.2, 0.25) is 5.02 Å². The predicted octanol–water partition coefficient (Wildman–Crippen LogP) is 5.27. The number of halogens is 1. The molecule has 3 heteroatoms. The van der Waals surface area contributed by atoms with Crippen LogP contribution in [0.5, 0.6) is 0 Å². The van der Waals surface area contributed by atoms with Gasteiger partial charge >= 0.3 is 0 Å². The highest BCUT2D eigenvalue weighted by molar-refractivity contribution is 6.35. The SMILES string of the molecule is CCCC(CCC)Nc1ccc(Cl)c2ncccc12. The number of hydrogen-bond donors (Lipinski definition) is 1. The second-order valence-electron chi connectivity index (χ2n) is 4.91. The Morgan fingerprint density at radius 3 is 2.58 bits per heavy atom. The first kappa shape index (κ1) is 14.1. The van der Waals surface area contributed by atoms with Crippen molar-refractivity contribution in [3.8, 4) is 0 Å². The lowest BCUT2D eigenvalue weighted by Gasteiger charge is -2.20. The van der Waals surface area contributed by atoms with Gasteiger partial charge in [0.05, 0.1) is 10.5 Å². The molecule has 0 aliphatic heterocycles. The van der Waals surface area contributed by atoms with E-state index < -0.39 is 0 Å². The molecule has 1 aromatic heterocycles. The van der Waals surface area contributed by atoms with Crippen molar-refractivity contribution in [1.29, 1.82) is 0 Å². The van der Waals surface area contributed by atoms with E-state index in [0.29, 0.717) is 11.1 Å². The van der Waals surface area contributed by atoms with Crippen molar-refractivity contribution in [2.75, 3.05) is 5.32 Å². The summed E-state index contributed by atoms with van der Waals surface area (Å²) in [6.07, 6.45) is 6.56. The first-order valence-corrected chi connectivity index (χ1v) is 7.43. The van der Waals surface area contributed by atoms with Crippen LogP contribution in [0.25, 0.3) is 10.9 Å². The summed E-state index contributed by atoms with van der Waals surface area (Å²) in [6.45, 7) is 4.46. The van der Waals surface area contributed by atoms with Gasteiger partial charge in [-0.15, -0.1) is 0 Å². The van der Waals surface area contributed by atoms with Crippen LogP contribution in [-0.4, -0.2) is 11.0 Å². The fourth-order valence-corrected chi connectivity index (χ4v) is 2.68. The van der Waals surface area contributed by atoms with E-state index in [-0.39, 0.29) is 0 Å². The van der Waals surface area contributed by atoms with Gasteiger partial charge in [-0.1, -0.05) is 38.3 Å². The molecule has 0 amide bonds. The van der Waals surface area contributed by atoms with E-state index in [4.69, 9.17) is 11.6 Å². The molecule has 0 radical (unpaired) electrons. The summed E-state index contributed by atoms with van der Waals surface area (Å²) in [7, 11) is 0. The van der Waals surface area contributed by atoms with Crippen LogP contribution in [0, 0.1) is 0 Å². The Morgan fingerprint density at radius 2 is 1.89 bits per heavy atom. The highest BCUT2D eigenvalue weighted by Gasteiger charge is 2.10. The molecular weight excluding hydrogens is 256 g/mol. The number of nitrogens with zero attached hydrogens (tertiary/aromatic N) is 1. The Hall–Kier alpha value is -1.28. The molecule has 0 fully saturated rings. The van der Waals surface area contributed by atoms with Gasteiger partial charge in [-0.05, 0) is 37.1 Å². The lowest BCUT2D eigenvalue weighted by Crippen LogP contribution is -2.19. The maximum atomic E-state index is 6.20. The molecule has 0 aliphatic carbocycles. The number of rotatable bonds is 6. The molecule has 0 saturated carbocycles. The Bertz CT molecular complexity index is 533. The summed E-state index contributed by atoms with van der Waals surface area (Å²) >= 11 is 6.20. The number of hydrogen-bond acceptors (Lipinski definition) is 2. The van der Waals surface area contributed by atoms with Crippen molar-refractivity contribution in [1.82, 2.24) is 4.98 Å². The predicted molar refractivity (Wildman–Crippen MR) is 84.0 cm³/mol. The van der Waals surface area contributed by atoms with Crippen LogP contribution in [0.15, 0.2) is 30.5 Å². The van der Waals surface area contributed by atoms with Gasteiger partial charge in [0.2, 0.25) is 0 Å². The van der Waals surface area contributed by atoms with Crippen molar-refractivity contribution >= 4 is 28.2 Å². The van der Waals surface area contributed by atoms with E-state index in [1.165, 1.54) is 25.7 Å². The smallest absolute Gasteiger partial charge is 0.0908 e. The quantitative estimate of drug-likeness (QED) is 0.777. The first-order valence-electron chi connectivity index (χ1n) is 7.06. The minimum Gasteiger partial charge on any atom is -0.382 e. The zero-order valence-electron chi connectivity index (χ0n) is 11.6. The van der Waals surface area contributed by atoms with E-state index in [0.717, 1.165) is 16.6 Å². The van der Waals surface area contributed by atoms with Crippen LogP contribution in [0.1, 0.15) is 39.5 Å². The number of pyridine rings is 1. The van der Waals surface area contributed by atoms with Gasteiger partial charge in [-0.3, -0.25) is 4.98 Å². The van der Waals surface area contributed by atoms with Crippen molar-refractivity contribution in [3.05, 3.63) is 35.5 Å².